The van der Waals surface area contributed by atoms with Crippen molar-refractivity contribution in [2.45, 2.75) is 26.4 Å². The number of aryl methyl sites for hydroxylation is 1. The lowest BCUT2D eigenvalue weighted by atomic mass is 10.1. The highest BCUT2D eigenvalue weighted by atomic mass is 16.5. The molecule has 0 bridgehead atoms. The van der Waals surface area contributed by atoms with Crippen LogP contribution in [0, 0.1) is 6.92 Å². The van der Waals surface area contributed by atoms with Crippen LogP contribution in [-0.2, 0) is 6.42 Å². The lowest BCUT2D eigenvalue weighted by Crippen LogP contribution is -2.05. The number of para-hydroxylation sites is 1. The Morgan fingerprint density at radius 2 is 1.94 bits per heavy atom. The van der Waals surface area contributed by atoms with Gasteiger partial charge in [-0.15, -0.1) is 0 Å². The first-order chi connectivity index (χ1) is 7.75. The van der Waals surface area contributed by atoms with Crippen molar-refractivity contribution in [2.75, 3.05) is 0 Å². The van der Waals surface area contributed by atoms with Crippen LogP contribution in [0.15, 0.2) is 47.1 Å². The van der Waals surface area contributed by atoms with Crippen LogP contribution >= 0.6 is 0 Å². The van der Waals surface area contributed by atoms with Gasteiger partial charge in [-0.05, 0) is 37.6 Å². The molecule has 0 amide bonds. The molecule has 0 aliphatic carbocycles. The quantitative estimate of drug-likeness (QED) is 0.671. The third-order valence-electron chi connectivity index (χ3n) is 2.47. The van der Waals surface area contributed by atoms with E-state index in [1.807, 2.05) is 31.2 Å². The van der Waals surface area contributed by atoms with E-state index in [9.17, 15) is 0 Å². The maximum Gasteiger partial charge on any atom is 0.123 e. The van der Waals surface area contributed by atoms with Crippen molar-refractivity contribution >= 4 is 0 Å². The van der Waals surface area contributed by atoms with Crippen molar-refractivity contribution in [3.8, 4) is 5.75 Å². The standard InChI is InChI=1S/C9H10O.C5H6O/c1-7-6-8-4-2-3-5-9(8)10-7;1-5-3-2-4-6-5/h2-5,7H,6H2,1H3;2-4H,1H3. The van der Waals surface area contributed by atoms with Crippen LogP contribution in [-0.4, -0.2) is 6.10 Å². The van der Waals surface area contributed by atoms with Gasteiger partial charge in [-0.2, -0.15) is 0 Å². The molecule has 1 aliphatic rings. The molecule has 16 heavy (non-hydrogen) atoms. The monoisotopic (exact) mass is 216 g/mol. The van der Waals surface area contributed by atoms with Gasteiger partial charge in [0.25, 0.3) is 0 Å². The average Bonchev–Trinajstić information content (AvgIpc) is 2.86. The van der Waals surface area contributed by atoms with Crippen LogP contribution in [0.1, 0.15) is 18.2 Å². The largest absolute Gasteiger partial charge is 0.490 e. The zero-order chi connectivity index (χ0) is 11.4. The summed E-state index contributed by atoms with van der Waals surface area (Å²) in [5.74, 6) is 2.03. The zero-order valence-electron chi connectivity index (χ0n) is 9.64. The summed E-state index contributed by atoms with van der Waals surface area (Å²) < 4.78 is 10.3. The van der Waals surface area contributed by atoms with Gasteiger partial charge < -0.3 is 9.15 Å². The Bertz CT molecular complexity index is 407. The molecular weight excluding hydrogens is 200 g/mol. The van der Waals surface area contributed by atoms with Gasteiger partial charge in [0.2, 0.25) is 0 Å². The van der Waals surface area contributed by atoms with Crippen LogP contribution in [0.4, 0.5) is 0 Å². The molecule has 0 N–H and O–H groups in total. The third-order valence-corrected chi connectivity index (χ3v) is 2.47. The first-order valence-corrected chi connectivity index (χ1v) is 5.50. The Morgan fingerprint density at radius 1 is 1.12 bits per heavy atom. The summed E-state index contributed by atoms with van der Waals surface area (Å²) in [4.78, 5) is 0. The van der Waals surface area contributed by atoms with Crippen LogP contribution in [0.2, 0.25) is 0 Å². The molecule has 1 unspecified atom stereocenters. The lowest BCUT2D eigenvalue weighted by Gasteiger charge is -2.00. The average molecular weight is 216 g/mol. The molecule has 1 aliphatic heterocycles. The summed E-state index contributed by atoms with van der Waals surface area (Å²) in [7, 11) is 0. The Balaban J connectivity index is 0.000000138. The van der Waals surface area contributed by atoms with Gasteiger partial charge in [0.1, 0.15) is 17.6 Å². The number of hydrogen-bond donors (Lipinski definition) is 0. The second-order valence-electron chi connectivity index (χ2n) is 3.96. The van der Waals surface area contributed by atoms with E-state index in [0.717, 1.165) is 17.9 Å². The highest BCUT2D eigenvalue weighted by molar-refractivity contribution is 5.36. The number of rotatable bonds is 0. The zero-order valence-corrected chi connectivity index (χ0v) is 9.64. The predicted octanol–water partition coefficient (Wildman–Crippen LogP) is 3.60. The van der Waals surface area contributed by atoms with Gasteiger partial charge >= 0.3 is 0 Å². The van der Waals surface area contributed by atoms with E-state index in [1.54, 1.807) is 6.26 Å². The fourth-order valence-corrected chi connectivity index (χ4v) is 1.72. The molecule has 3 rings (SSSR count). The molecule has 0 radical (unpaired) electrons. The minimum absolute atomic E-state index is 0.373. The molecule has 2 nitrogen and oxygen atoms in total. The van der Waals surface area contributed by atoms with Gasteiger partial charge in [-0.25, -0.2) is 0 Å². The van der Waals surface area contributed by atoms with Crippen LogP contribution in [0.25, 0.3) is 0 Å². The van der Waals surface area contributed by atoms with Crippen molar-refractivity contribution in [2.24, 2.45) is 0 Å². The number of benzene rings is 1. The maximum absolute atomic E-state index is 5.51. The Morgan fingerprint density at radius 3 is 2.50 bits per heavy atom. The number of furan rings is 1. The van der Waals surface area contributed by atoms with Gasteiger partial charge in [0.15, 0.2) is 0 Å². The maximum atomic E-state index is 5.51. The molecule has 1 aromatic carbocycles. The summed E-state index contributed by atoms with van der Waals surface area (Å²) in [6.07, 6.45) is 3.10. The van der Waals surface area contributed by atoms with E-state index < -0.39 is 0 Å². The SMILES string of the molecule is CC1Cc2ccccc2O1.Cc1ccco1. The highest BCUT2D eigenvalue weighted by Crippen LogP contribution is 2.27. The summed E-state index contributed by atoms with van der Waals surface area (Å²) in [5.41, 5.74) is 1.34. The molecule has 2 aromatic rings. The Labute approximate surface area is 95.9 Å². The van der Waals surface area contributed by atoms with Gasteiger partial charge in [-0.3, -0.25) is 0 Å². The molecule has 0 fully saturated rings. The summed E-state index contributed by atoms with van der Waals surface area (Å²) >= 11 is 0. The Kier molecular flexibility index (Phi) is 3.30. The summed E-state index contributed by atoms with van der Waals surface area (Å²) in [6.45, 7) is 4.01. The fourth-order valence-electron chi connectivity index (χ4n) is 1.72. The number of hydrogen-bond acceptors (Lipinski definition) is 2. The second kappa shape index (κ2) is 4.88. The molecule has 84 valence electrons. The van der Waals surface area contributed by atoms with E-state index in [0.29, 0.717) is 6.10 Å². The highest BCUT2D eigenvalue weighted by Gasteiger charge is 2.16. The van der Waals surface area contributed by atoms with E-state index >= 15 is 0 Å². The fraction of sp³-hybridized carbons (Fsp3) is 0.286. The topological polar surface area (TPSA) is 22.4 Å². The normalized spacial score (nSPS) is 17.0. The molecular formula is C14H16O2. The molecule has 1 atom stereocenters. The van der Waals surface area contributed by atoms with E-state index in [-0.39, 0.29) is 0 Å². The van der Waals surface area contributed by atoms with Crippen molar-refractivity contribution in [1.82, 2.24) is 0 Å². The molecule has 1 aromatic heterocycles. The van der Waals surface area contributed by atoms with E-state index in [4.69, 9.17) is 9.15 Å². The molecule has 2 heteroatoms. The smallest absolute Gasteiger partial charge is 0.123 e. The Hall–Kier alpha value is -1.70. The summed E-state index contributed by atoms with van der Waals surface area (Å²) in [6, 6.07) is 12.0. The van der Waals surface area contributed by atoms with Crippen molar-refractivity contribution in [3.05, 3.63) is 54.0 Å². The first-order valence-electron chi connectivity index (χ1n) is 5.50. The van der Waals surface area contributed by atoms with Gasteiger partial charge in [0.05, 0.1) is 6.26 Å². The van der Waals surface area contributed by atoms with Crippen molar-refractivity contribution in [3.63, 3.8) is 0 Å². The lowest BCUT2D eigenvalue weighted by molar-refractivity contribution is 0.254. The van der Waals surface area contributed by atoms with Gasteiger partial charge in [0, 0.05) is 6.42 Å². The van der Waals surface area contributed by atoms with Crippen molar-refractivity contribution in [1.29, 1.82) is 0 Å². The van der Waals surface area contributed by atoms with Crippen LogP contribution in [0.3, 0.4) is 0 Å². The minimum atomic E-state index is 0.373. The molecule has 2 heterocycles. The molecule has 0 saturated heterocycles. The minimum Gasteiger partial charge on any atom is -0.490 e. The third kappa shape index (κ3) is 2.66. The van der Waals surface area contributed by atoms with Crippen LogP contribution < -0.4 is 4.74 Å². The van der Waals surface area contributed by atoms with E-state index in [2.05, 4.69) is 19.1 Å². The van der Waals surface area contributed by atoms with Crippen LogP contribution in [0.5, 0.6) is 5.75 Å². The second-order valence-corrected chi connectivity index (χ2v) is 3.96. The number of fused-ring (bicyclic) bond motifs is 1. The predicted molar refractivity (Wildman–Crippen MR) is 63.7 cm³/mol. The van der Waals surface area contributed by atoms with E-state index in [1.165, 1.54) is 5.56 Å². The van der Waals surface area contributed by atoms with Gasteiger partial charge in [-0.1, -0.05) is 18.2 Å². The number of ether oxygens (including phenoxy) is 1. The summed E-state index contributed by atoms with van der Waals surface area (Å²) in [5, 5.41) is 0. The molecule has 0 spiro atoms. The van der Waals surface area contributed by atoms with Crippen molar-refractivity contribution < 1.29 is 9.15 Å². The molecule has 0 saturated carbocycles. The first kappa shape index (κ1) is 10.8.